The van der Waals surface area contributed by atoms with Crippen LogP contribution in [0.2, 0.25) is 0 Å². The maximum atomic E-state index is 11.3. The number of alkyl carbamates (subject to hydrolysis) is 1. The van der Waals surface area contributed by atoms with E-state index in [-0.39, 0.29) is 6.09 Å². The van der Waals surface area contributed by atoms with Crippen LogP contribution in [0, 0.1) is 0 Å². The Morgan fingerprint density at radius 3 is 2.33 bits per heavy atom. The standard InChI is InChI=1S/C14H21NO2.C2H5O4P/c1-2-3-4-8-11-15-14(16)17-12-13-9-6-5-7-10-13;3-2(4)1-7(5)6/h5-7,9-10H,2-4,8,11-12H2,1H3,(H,15,16);7H,1H2,(H,3,4)(H,5,6). The molecule has 0 aliphatic heterocycles. The van der Waals surface area contributed by atoms with Gasteiger partial charge in [0, 0.05) is 6.54 Å². The molecule has 0 radical (unpaired) electrons. The Labute approximate surface area is 142 Å². The number of nitrogens with one attached hydrogen (secondary N) is 1. The van der Waals surface area contributed by atoms with Gasteiger partial charge in [0.05, 0.1) is 0 Å². The van der Waals surface area contributed by atoms with E-state index in [2.05, 4.69) is 12.2 Å². The van der Waals surface area contributed by atoms with E-state index in [1.807, 2.05) is 30.3 Å². The highest BCUT2D eigenvalue weighted by Crippen LogP contribution is 2.09. The van der Waals surface area contributed by atoms with Gasteiger partial charge in [0.15, 0.2) is 8.03 Å². The number of unbranched alkanes of at least 4 members (excludes halogenated alkanes) is 3. The fraction of sp³-hybridized carbons (Fsp3) is 0.500. The third-order valence-electron chi connectivity index (χ3n) is 2.81. The Bertz CT molecular complexity index is 483. The van der Waals surface area contributed by atoms with E-state index in [0.717, 1.165) is 18.4 Å². The number of aliphatic carboxylic acids is 1. The second-order valence-electron chi connectivity index (χ2n) is 5.01. The largest absolute Gasteiger partial charge is 0.481 e. The molecule has 1 aromatic carbocycles. The smallest absolute Gasteiger partial charge is 0.407 e. The molecule has 1 atom stereocenters. The van der Waals surface area contributed by atoms with Crippen molar-refractivity contribution in [2.45, 2.75) is 39.2 Å². The zero-order valence-corrected chi connectivity index (χ0v) is 14.9. The predicted molar refractivity (Wildman–Crippen MR) is 92.5 cm³/mol. The van der Waals surface area contributed by atoms with Crippen molar-refractivity contribution in [3.05, 3.63) is 35.9 Å². The number of amides is 1. The van der Waals surface area contributed by atoms with Crippen LogP contribution in [0.5, 0.6) is 0 Å². The molecular weight excluding hydrogens is 333 g/mol. The van der Waals surface area contributed by atoms with Gasteiger partial charge >= 0.3 is 12.1 Å². The normalized spacial score (nSPS) is 10.9. The second-order valence-corrected chi connectivity index (χ2v) is 6.15. The van der Waals surface area contributed by atoms with Crippen molar-refractivity contribution in [2.75, 3.05) is 12.7 Å². The molecule has 24 heavy (non-hydrogen) atoms. The van der Waals surface area contributed by atoms with Gasteiger partial charge in [-0.1, -0.05) is 56.5 Å². The van der Waals surface area contributed by atoms with Crippen molar-refractivity contribution in [3.8, 4) is 0 Å². The highest BCUT2D eigenvalue weighted by atomic mass is 31.1. The van der Waals surface area contributed by atoms with E-state index in [1.54, 1.807) is 0 Å². The SMILES string of the molecule is CCCCCCNC(=O)OCc1ccccc1.O=C(O)C[PH](=O)O. The number of hydrogen-bond donors (Lipinski definition) is 3. The first-order chi connectivity index (χ1) is 11.5. The molecular formula is C16H26NO6P. The first-order valence-corrected chi connectivity index (χ1v) is 9.40. The number of ether oxygens (including phenoxy) is 1. The van der Waals surface area contributed by atoms with Crippen LogP contribution in [0.25, 0.3) is 0 Å². The van der Waals surface area contributed by atoms with Gasteiger partial charge in [0.25, 0.3) is 0 Å². The predicted octanol–water partition coefficient (Wildman–Crippen LogP) is 3.03. The van der Waals surface area contributed by atoms with Crippen molar-refractivity contribution in [1.29, 1.82) is 0 Å². The summed E-state index contributed by atoms with van der Waals surface area (Å²) in [5, 5.41) is 10.5. The maximum Gasteiger partial charge on any atom is 0.407 e. The Balaban J connectivity index is 0.000000640. The lowest BCUT2D eigenvalue weighted by Crippen LogP contribution is -2.25. The van der Waals surface area contributed by atoms with Crippen LogP contribution >= 0.6 is 8.03 Å². The van der Waals surface area contributed by atoms with Crippen LogP contribution in [0.3, 0.4) is 0 Å². The average molecular weight is 359 g/mol. The molecule has 1 unspecified atom stereocenters. The van der Waals surface area contributed by atoms with Gasteiger partial charge in [0.1, 0.15) is 12.8 Å². The van der Waals surface area contributed by atoms with Gasteiger partial charge in [-0.2, -0.15) is 0 Å². The molecule has 7 nitrogen and oxygen atoms in total. The zero-order valence-electron chi connectivity index (χ0n) is 13.9. The first kappa shape index (κ1) is 22.1. The van der Waals surface area contributed by atoms with Gasteiger partial charge in [0.2, 0.25) is 0 Å². The molecule has 0 saturated carbocycles. The highest BCUT2D eigenvalue weighted by Gasteiger charge is 2.01. The monoisotopic (exact) mass is 359 g/mol. The number of carbonyl (C=O) groups is 2. The quantitative estimate of drug-likeness (QED) is 0.461. The number of carbonyl (C=O) groups excluding carboxylic acids is 1. The lowest BCUT2D eigenvalue weighted by Gasteiger charge is -2.06. The molecule has 0 bridgehead atoms. The van der Waals surface area contributed by atoms with Crippen molar-refractivity contribution < 1.29 is 28.9 Å². The van der Waals surface area contributed by atoms with E-state index in [9.17, 15) is 14.2 Å². The summed E-state index contributed by atoms with van der Waals surface area (Å²) >= 11 is 0. The van der Waals surface area contributed by atoms with Gasteiger partial charge in [-0.25, -0.2) is 4.79 Å². The summed E-state index contributed by atoms with van der Waals surface area (Å²) in [6.45, 7) is 3.21. The third kappa shape index (κ3) is 15.1. The molecule has 136 valence electrons. The number of carboxylic acids is 1. The fourth-order valence-corrected chi connectivity index (χ4v) is 1.90. The number of rotatable bonds is 9. The van der Waals surface area contributed by atoms with E-state index in [0.29, 0.717) is 13.2 Å². The summed E-state index contributed by atoms with van der Waals surface area (Å²) in [6, 6.07) is 9.68. The minimum Gasteiger partial charge on any atom is -0.481 e. The number of carboxylic acid groups (broad SMARTS) is 1. The highest BCUT2D eigenvalue weighted by molar-refractivity contribution is 7.39. The molecule has 0 saturated heterocycles. The summed E-state index contributed by atoms with van der Waals surface area (Å²) in [5.41, 5.74) is 1.01. The Morgan fingerprint density at radius 1 is 1.17 bits per heavy atom. The molecule has 0 aliphatic carbocycles. The van der Waals surface area contributed by atoms with Crippen molar-refractivity contribution >= 4 is 20.1 Å². The van der Waals surface area contributed by atoms with Gasteiger partial charge in [-0.15, -0.1) is 0 Å². The fourth-order valence-electron chi connectivity index (χ4n) is 1.65. The summed E-state index contributed by atoms with van der Waals surface area (Å²) in [7, 11) is -2.78. The van der Waals surface area contributed by atoms with Gasteiger partial charge in [-0.05, 0) is 12.0 Å². The first-order valence-electron chi connectivity index (χ1n) is 7.83. The van der Waals surface area contributed by atoms with Crippen LogP contribution in [0.1, 0.15) is 38.2 Å². The van der Waals surface area contributed by atoms with Gasteiger partial charge in [-0.3, -0.25) is 9.36 Å². The lowest BCUT2D eigenvalue weighted by molar-refractivity contribution is -0.134. The Morgan fingerprint density at radius 2 is 1.83 bits per heavy atom. The average Bonchev–Trinajstić information content (AvgIpc) is 2.53. The molecule has 0 heterocycles. The maximum absolute atomic E-state index is 11.3. The second kappa shape index (κ2) is 14.7. The van der Waals surface area contributed by atoms with Crippen LogP contribution in [-0.4, -0.2) is 34.8 Å². The lowest BCUT2D eigenvalue weighted by atomic mass is 10.2. The molecule has 8 heteroatoms. The topological polar surface area (TPSA) is 113 Å². The minimum absolute atomic E-state index is 0.328. The van der Waals surface area contributed by atoms with Gasteiger partial charge < -0.3 is 20.1 Å². The third-order valence-corrected chi connectivity index (χ3v) is 3.42. The minimum atomic E-state index is -2.78. The molecule has 0 fully saturated rings. The molecule has 3 N–H and O–H groups in total. The molecule has 0 aromatic heterocycles. The Hall–Kier alpha value is -1.85. The van der Waals surface area contributed by atoms with Crippen LogP contribution < -0.4 is 5.32 Å². The van der Waals surface area contributed by atoms with Crippen LogP contribution in [0.15, 0.2) is 30.3 Å². The van der Waals surface area contributed by atoms with E-state index >= 15 is 0 Å². The molecule has 1 amide bonds. The van der Waals surface area contributed by atoms with Crippen molar-refractivity contribution in [3.63, 3.8) is 0 Å². The van der Waals surface area contributed by atoms with E-state index in [4.69, 9.17) is 14.7 Å². The zero-order chi connectivity index (χ0) is 18.2. The number of benzene rings is 1. The summed E-state index contributed by atoms with van der Waals surface area (Å²) < 4.78 is 14.7. The van der Waals surface area contributed by atoms with E-state index < -0.39 is 20.2 Å². The Kier molecular flexibility index (Phi) is 13.6. The van der Waals surface area contributed by atoms with Crippen LogP contribution in [-0.2, 0) is 20.7 Å². The van der Waals surface area contributed by atoms with E-state index in [1.165, 1.54) is 12.8 Å². The number of hydrogen-bond acceptors (Lipinski definition) is 4. The molecule has 0 spiro atoms. The summed E-state index contributed by atoms with van der Waals surface area (Å²) in [4.78, 5) is 28.7. The van der Waals surface area contributed by atoms with Crippen LogP contribution in [0.4, 0.5) is 4.79 Å². The molecule has 1 rings (SSSR count). The van der Waals surface area contributed by atoms with Crippen molar-refractivity contribution in [1.82, 2.24) is 5.32 Å². The summed E-state index contributed by atoms with van der Waals surface area (Å²) in [6.07, 6.45) is 3.67. The molecule has 1 aromatic rings. The summed E-state index contributed by atoms with van der Waals surface area (Å²) in [5.74, 6) is -1.23. The molecule has 0 aliphatic rings. The van der Waals surface area contributed by atoms with Crippen molar-refractivity contribution in [2.24, 2.45) is 0 Å².